The molecule has 3 amide bonds. The van der Waals surface area contributed by atoms with Crippen molar-refractivity contribution in [3.63, 3.8) is 0 Å². The Morgan fingerprint density at radius 2 is 1.53 bits per heavy atom. The van der Waals surface area contributed by atoms with Crippen molar-refractivity contribution in [2.24, 2.45) is 5.92 Å². The molecule has 2 aliphatic rings. The maximum Gasteiger partial charge on any atom is 0.410 e. The number of urea groups is 1. The zero-order chi connectivity index (χ0) is 26.3. The number of ether oxygens (including phenoxy) is 2. The van der Waals surface area contributed by atoms with E-state index in [0.29, 0.717) is 38.1 Å². The summed E-state index contributed by atoms with van der Waals surface area (Å²) in [6.45, 7) is 16.0. The number of piperazine rings is 1. The van der Waals surface area contributed by atoms with E-state index in [2.05, 4.69) is 30.9 Å². The standard InChI is InChI=1S/C28H46N4O4/c1-7-29(22(2)20-23-8-10-25(35-6)11-9-23)21-24-12-14-30(15-13-24)26(33)31-16-18-32(19-17-31)27(34)36-28(3,4)5/h8-11,22,24H,7,12-21H2,1-6H3. The summed E-state index contributed by atoms with van der Waals surface area (Å²) in [6.07, 6.45) is 2.80. The normalized spacial score (nSPS) is 18.4. The number of hydrogen-bond donors (Lipinski definition) is 0. The van der Waals surface area contributed by atoms with E-state index in [0.717, 1.165) is 51.2 Å². The zero-order valence-corrected chi connectivity index (χ0v) is 23.2. The van der Waals surface area contributed by atoms with Gasteiger partial charge in [0, 0.05) is 51.9 Å². The first-order valence-electron chi connectivity index (χ1n) is 13.5. The van der Waals surface area contributed by atoms with Crippen molar-refractivity contribution >= 4 is 12.1 Å². The Morgan fingerprint density at radius 1 is 0.972 bits per heavy atom. The van der Waals surface area contributed by atoms with Crippen molar-refractivity contribution in [2.45, 2.75) is 65.5 Å². The van der Waals surface area contributed by atoms with E-state index in [1.165, 1.54) is 5.56 Å². The second-order valence-electron chi connectivity index (χ2n) is 11.2. The molecular formula is C28H46N4O4. The first-order chi connectivity index (χ1) is 17.1. The number of benzene rings is 1. The highest BCUT2D eigenvalue weighted by molar-refractivity contribution is 5.75. The molecule has 0 radical (unpaired) electrons. The minimum absolute atomic E-state index is 0.109. The molecule has 1 aromatic carbocycles. The van der Waals surface area contributed by atoms with E-state index in [-0.39, 0.29) is 12.1 Å². The third-order valence-corrected chi connectivity index (χ3v) is 7.30. The molecule has 2 aliphatic heterocycles. The SMILES string of the molecule is CCN(CC1CCN(C(=O)N2CCN(C(=O)OC(C)(C)C)CC2)CC1)C(C)Cc1ccc(OC)cc1. The van der Waals surface area contributed by atoms with Crippen LogP contribution in [0.1, 0.15) is 53.0 Å². The molecule has 0 aromatic heterocycles. The fourth-order valence-corrected chi connectivity index (χ4v) is 5.10. The predicted octanol–water partition coefficient (Wildman–Crippen LogP) is 4.33. The van der Waals surface area contributed by atoms with Crippen molar-refractivity contribution in [3.8, 4) is 5.75 Å². The average molecular weight is 503 g/mol. The second-order valence-corrected chi connectivity index (χ2v) is 11.2. The van der Waals surface area contributed by atoms with Crippen molar-refractivity contribution in [1.82, 2.24) is 19.6 Å². The summed E-state index contributed by atoms with van der Waals surface area (Å²) in [5.74, 6) is 1.50. The van der Waals surface area contributed by atoms with E-state index in [4.69, 9.17) is 9.47 Å². The maximum atomic E-state index is 13.1. The Bertz CT molecular complexity index is 838. The van der Waals surface area contributed by atoms with Gasteiger partial charge in [-0.3, -0.25) is 0 Å². The Balaban J connectivity index is 1.41. The summed E-state index contributed by atoms with van der Waals surface area (Å²) in [5, 5.41) is 0. The van der Waals surface area contributed by atoms with Gasteiger partial charge in [-0.1, -0.05) is 19.1 Å². The molecule has 0 N–H and O–H groups in total. The lowest BCUT2D eigenvalue weighted by atomic mass is 9.95. The molecule has 3 rings (SSSR count). The minimum atomic E-state index is -0.505. The van der Waals surface area contributed by atoms with Gasteiger partial charge in [-0.2, -0.15) is 0 Å². The van der Waals surface area contributed by atoms with Gasteiger partial charge in [-0.25, -0.2) is 9.59 Å². The number of hydrogen-bond acceptors (Lipinski definition) is 5. The Hall–Kier alpha value is -2.48. The summed E-state index contributed by atoms with van der Waals surface area (Å²) in [6, 6.07) is 8.94. The minimum Gasteiger partial charge on any atom is -0.497 e. The highest BCUT2D eigenvalue weighted by Crippen LogP contribution is 2.22. The number of amides is 3. The lowest BCUT2D eigenvalue weighted by molar-refractivity contribution is 0.0152. The molecule has 1 aromatic rings. The predicted molar refractivity (Wildman–Crippen MR) is 142 cm³/mol. The van der Waals surface area contributed by atoms with Gasteiger partial charge >= 0.3 is 12.1 Å². The van der Waals surface area contributed by atoms with Crippen LogP contribution in [0.4, 0.5) is 9.59 Å². The molecule has 202 valence electrons. The van der Waals surface area contributed by atoms with Gasteiger partial charge < -0.3 is 29.1 Å². The summed E-state index contributed by atoms with van der Waals surface area (Å²) >= 11 is 0. The van der Waals surface area contributed by atoms with E-state index < -0.39 is 5.60 Å². The molecule has 36 heavy (non-hydrogen) atoms. The summed E-state index contributed by atoms with van der Waals surface area (Å²) in [5.41, 5.74) is 0.823. The number of likely N-dealkylation sites (tertiary alicyclic amines) is 1. The average Bonchev–Trinajstić information content (AvgIpc) is 2.86. The fraction of sp³-hybridized carbons (Fsp3) is 0.714. The monoisotopic (exact) mass is 502 g/mol. The third kappa shape index (κ3) is 8.02. The van der Waals surface area contributed by atoms with Crippen molar-refractivity contribution in [2.75, 3.05) is 59.5 Å². The molecule has 2 saturated heterocycles. The highest BCUT2D eigenvalue weighted by atomic mass is 16.6. The largest absolute Gasteiger partial charge is 0.497 e. The second kappa shape index (κ2) is 12.7. The topological polar surface area (TPSA) is 65.6 Å². The van der Waals surface area contributed by atoms with Crippen LogP contribution in [0.2, 0.25) is 0 Å². The third-order valence-electron chi connectivity index (χ3n) is 7.30. The quantitative estimate of drug-likeness (QED) is 0.555. The van der Waals surface area contributed by atoms with Crippen molar-refractivity contribution < 1.29 is 19.1 Å². The van der Waals surface area contributed by atoms with Gasteiger partial charge in [0.15, 0.2) is 0 Å². The lowest BCUT2D eigenvalue weighted by Crippen LogP contribution is -2.55. The van der Waals surface area contributed by atoms with Gasteiger partial charge in [0.05, 0.1) is 7.11 Å². The first-order valence-corrected chi connectivity index (χ1v) is 13.5. The van der Waals surface area contributed by atoms with Crippen molar-refractivity contribution in [1.29, 1.82) is 0 Å². The summed E-state index contributed by atoms with van der Waals surface area (Å²) in [7, 11) is 1.70. The molecule has 0 aliphatic carbocycles. The number of likely N-dealkylation sites (N-methyl/N-ethyl adjacent to an activating group) is 1. The smallest absolute Gasteiger partial charge is 0.410 e. The van der Waals surface area contributed by atoms with E-state index >= 15 is 0 Å². The van der Waals surface area contributed by atoms with Gasteiger partial charge in [-0.15, -0.1) is 0 Å². The molecule has 0 bridgehead atoms. The number of nitrogens with zero attached hydrogens (tertiary/aromatic N) is 4. The number of methoxy groups -OCH3 is 1. The molecule has 1 unspecified atom stereocenters. The van der Waals surface area contributed by atoms with Gasteiger partial charge in [0.2, 0.25) is 0 Å². The number of carbonyl (C=O) groups excluding carboxylic acids is 2. The number of piperidine rings is 1. The van der Waals surface area contributed by atoms with Crippen LogP contribution in [0.15, 0.2) is 24.3 Å². The summed E-state index contributed by atoms with van der Waals surface area (Å²) in [4.78, 5) is 33.6. The van der Waals surface area contributed by atoms with Gasteiger partial charge in [-0.05, 0) is 77.1 Å². The van der Waals surface area contributed by atoms with Crippen LogP contribution >= 0.6 is 0 Å². The van der Waals surface area contributed by atoms with Crippen LogP contribution in [-0.2, 0) is 11.2 Å². The zero-order valence-electron chi connectivity index (χ0n) is 23.2. The molecule has 8 nitrogen and oxygen atoms in total. The van der Waals surface area contributed by atoms with Crippen LogP contribution in [0.25, 0.3) is 0 Å². The number of carbonyl (C=O) groups is 2. The molecule has 1 atom stereocenters. The van der Waals surface area contributed by atoms with Crippen molar-refractivity contribution in [3.05, 3.63) is 29.8 Å². The van der Waals surface area contributed by atoms with Gasteiger partial charge in [0.25, 0.3) is 0 Å². The fourth-order valence-electron chi connectivity index (χ4n) is 5.10. The molecule has 2 fully saturated rings. The van der Waals surface area contributed by atoms with E-state index in [1.807, 2.05) is 42.7 Å². The van der Waals surface area contributed by atoms with Crippen LogP contribution < -0.4 is 4.74 Å². The van der Waals surface area contributed by atoms with E-state index in [1.54, 1.807) is 12.0 Å². The van der Waals surface area contributed by atoms with Crippen LogP contribution in [-0.4, -0.2) is 103 Å². The maximum absolute atomic E-state index is 13.1. The summed E-state index contributed by atoms with van der Waals surface area (Å²) < 4.78 is 10.7. The first kappa shape index (κ1) is 28.1. The van der Waals surface area contributed by atoms with Crippen LogP contribution in [0.3, 0.4) is 0 Å². The number of rotatable bonds is 7. The Kier molecular flexibility index (Phi) is 9.88. The highest BCUT2D eigenvalue weighted by Gasteiger charge is 2.32. The van der Waals surface area contributed by atoms with E-state index in [9.17, 15) is 9.59 Å². The Morgan fingerprint density at radius 3 is 2.06 bits per heavy atom. The molecule has 8 heteroatoms. The molecule has 2 heterocycles. The molecular weight excluding hydrogens is 456 g/mol. The molecule has 0 saturated carbocycles. The Labute approximate surface area is 217 Å². The van der Waals surface area contributed by atoms with Crippen LogP contribution in [0, 0.1) is 5.92 Å². The van der Waals surface area contributed by atoms with Gasteiger partial charge in [0.1, 0.15) is 11.4 Å². The lowest BCUT2D eigenvalue weighted by Gasteiger charge is -2.41. The molecule has 0 spiro atoms. The van der Waals surface area contributed by atoms with Crippen LogP contribution in [0.5, 0.6) is 5.75 Å².